The van der Waals surface area contributed by atoms with E-state index < -0.39 is 0 Å². The van der Waals surface area contributed by atoms with Crippen molar-refractivity contribution in [2.24, 2.45) is 7.05 Å². The molecule has 0 spiro atoms. The first kappa shape index (κ1) is 11.6. The van der Waals surface area contributed by atoms with Gasteiger partial charge in [-0.25, -0.2) is 0 Å². The summed E-state index contributed by atoms with van der Waals surface area (Å²) in [4.78, 5) is 0. The van der Waals surface area contributed by atoms with Crippen molar-refractivity contribution in [2.75, 3.05) is 19.7 Å². The van der Waals surface area contributed by atoms with Crippen LogP contribution in [0.2, 0.25) is 0 Å². The Morgan fingerprint density at radius 1 is 1.62 bits per heavy atom. The molecular weight excluding hydrogens is 202 g/mol. The third kappa shape index (κ3) is 3.06. The molecule has 1 aliphatic heterocycles. The van der Waals surface area contributed by atoms with Crippen molar-refractivity contribution in [1.29, 1.82) is 0 Å². The molecule has 1 saturated heterocycles. The number of ether oxygens (including phenoxy) is 1. The van der Waals surface area contributed by atoms with E-state index in [1.165, 1.54) is 12.0 Å². The van der Waals surface area contributed by atoms with Crippen molar-refractivity contribution in [3.05, 3.63) is 18.0 Å². The summed E-state index contributed by atoms with van der Waals surface area (Å²) in [7, 11) is 1.94. The zero-order valence-electron chi connectivity index (χ0n) is 10.2. The number of nitrogens with one attached hydrogen (secondary N) is 1. The van der Waals surface area contributed by atoms with Gasteiger partial charge in [-0.3, -0.25) is 4.68 Å². The molecule has 16 heavy (non-hydrogen) atoms. The zero-order chi connectivity index (χ0) is 11.4. The lowest BCUT2D eigenvalue weighted by Crippen LogP contribution is -2.45. The molecule has 4 heteroatoms. The van der Waals surface area contributed by atoms with Crippen molar-refractivity contribution >= 4 is 0 Å². The number of hydrogen-bond donors (Lipinski definition) is 1. The second-order valence-corrected chi connectivity index (χ2v) is 4.85. The van der Waals surface area contributed by atoms with Gasteiger partial charge in [0.15, 0.2) is 0 Å². The average Bonchev–Trinajstić information content (AvgIpc) is 2.65. The normalized spacial score (nSPS) is 25.9. The Morgan fingerprint density at radius 2 is 2.50 bits per heavy atom. The summed E-state index contributed by atoms with van der Waals surface area (Å²) < 4.78 is 7.82. The summed E-state index contributed by atoms with van der Waals surface area (Å²) in [5.41, 5.74) is 1.27. The van der Waals surface area contributed by atoms with Gasteiger partial charge in [0, 0.05) is 19.8 Å². The highest BCUT2D eigenvalue weighted by Crippen LogP contribution is 2.20. The Kier molecular flexibility index (Phi) is 3.61. The third-order valence-electron chi connectivity index (χ3n) is 3.16. The second-order valence-electron chi connectivity index (χ2n) is 4.85. The van der Waals surface area contributed by atoms with Gasteiger partial charge in [0.1, 0.15) is 0 Å². The van der Waals surface area contributed by atoms with Crippen molar-refractivity contribution < 1.29 is 4.74 Å². The van der Waals surface area contributed by atoms with Gasteiger partial charge >= 0.3 is 0 Å². The lowest BCUT2D eigenvalue weighted by molar-refractivity contribution is -0.0450. The molecule has 0 bridgehead atoms. The first-order valence-corrected chi connectivity index (χ1v) is 6.00. The molecule has 90 valence electrons. The molecule has 0 aromatic carbocycles. The summed E-state index contributed by atoms with van der Waals surface area (Å²) in [5.74, 6) is 0. The first-order chi connectivity index (χ1) is 7.68. The highest BCUT2D eigenvalue weighted by Gasteiger charge is 2.26. The lowest BCUT2D eigenvalue weighted by atomic mass is 9.96. The fourth-order valence-electron chi connectivity index (χ4n) is 2.17. The number of nitrogens with zero attached hydrogens (tertiary/aromatic N) is 2. The fourth-order valence-corrected chi connectivity index (χ4v) is 2.17. The van der Waals surface area contributed by atoms with E-state index in [0.29, 0.717) is 0 Å². The van der Waals surface area contributed by atoms with E-state index >= 15 is 0 Å². The number of hydrogen-bond acceptors (Lipinski definition) is 3. The molecule has 1 unspecified atom stereocenters. The van der Waals surface area contributed by atoms with E-state index in [2.05, 4.69) is 17.3 Å². The van der Waals surface area contributed by atoms with Crippen LogP contribution in [0.25, 0.3) is 0 Å². The van der Waals surface area contributed by atoms with Gasteiger partial charge < -0.3 is 10.1 Å². The van der Waals surface area contributed by atoms with E-state index in [4.69, 9.17) is 4.74 Å². The standard InChI is InChI=1S/C12H21N3O/c1-12(5-3-6-13-10-12)16-7-4-11-8-14-15(2)9-11/h8-9,13H,3-7,10H2,1-2H3. The number of rotatable bonds is 4. The zero-order valence-corrected chi connectivity index (χ0v) is 10.2. The van der Waals surface area contributed by atoms with Gasteiger partial charge in [0.25, 0.3) is 0 Å². The summed E-state index contributed by atoms with van der Waals surface area (Å²) in [6, 6.07) is 0. The number of aryl methyl sites for hydroxylation is 1. The summed E-state index contributed by atoms with van der Waals surface area (Å²) in [5, 5.41) is 7.53. The predicted octanol–water partition coefficient (Wildman–Crippen LogP) is 1.12. The predicted molar refractivity (Wildman–Crippen MR) is 63.4 cm³/mol. The van der Waals surface area contributed by atoms with Crippen LogP contribution in [-0.4, -0.2) is 35.1 Å². The molecule has 2 rings (SSSR count). The molecule has 0 radical (unpaired) electrons. The van der Waals surface area contributed by atoms with Crippen molar-refractivity contribution in [3.8, 4) is 0 Å². The quantitative estimate of drug-likeness (QED) is 0.831. The molecule has 1 aromatic heterocycles. The molecule has 2 heterocycles. The summed E-state index contributed by atoms with van der Waals surface area (Å²) in [6.07, 6.45) is 7.27. The van der Waals surface area contributed by atoms with Gasteiger partial charge in [-0.15, -0.1) is 0 Å². The largest absolute Gasteiger partial charge is 0.374 e. The van der Waals surface area contributed by atoms with Crippen LogP contribution in [0.15, 0.2) is 12.4 Å². The minimum absolute atomic E-state index is 0.0282. The highest BCUT2D eigenvalue weighted by molar-refractivity contribution is 5.03. The maximum atomic E-state index is 5.98. The maximum Gasteiger partial charge on any atom is 0.0778 e. The Hall–Kier alpha value is -0.870. The van der Waals surface area contributed by atoms with Crippen LogP contribution in [-0.2, 0) is 18.2 Å². The van der Waals surface area contributed by atoms with Gasteiger partial charge in [0.2, 0.25) is 0 Å². The molecule has 0 amide bonds. The Bertz CT molecular complexity index is 329. The monoisotopic (exact) mass is 223 g/mol. The average molecular weight is 223 g/mol. The molecule has 1 atom stereocenters. The van der Waals surface area contributed by atoms with Gasteiger partial charge in [-0.1, -0.05) is 0 Å². The molecule has 0 aliphatic carbocycles. The molecule has 1 N–H and O–H groups in total. The van der Waals surface area contributed by atoms with Crippen LogP contribution >= 0.6 is 0 Å². The van der Waals surface area contributed by atoms with Gasteiger partial charge in [0.05, 0.1) is 18.4 Å². The highest BCUT2D eigenvalue weighted by atomic mass is 16.5. The molecule has 1 aliphatic rings. The third-order valence-corrected chi connectivity index (χ3v) is 3.16. The Morgan fingerprint density at radius 3 is 3.12 bits per heavy atom. The maximum absolute atomic E-state index is 5.98. The first-order valence-electron chi connectivity index (χ1n) is 6.00. The molecular formula is C12H21N3O. The van der Waals surface area contributed by atoms with Crippen molar-refractivity contribution in [2.45, 2.75) is 31.8 Å². The van der Waals surface area contributed by atoms with E-state index in [1.54, 1.807) is 0 Å². The number of aromatic nitrogens is 2. The fraction of sp³-hybridized carbons (Fsp3) is 0.750. The van der Waals surface area contributed by atoms with E-state index in [0.717, 1.165) is 32.5 Å². The minimum atomic E-state index is 0.0282. The van der Waals surface area contributed by atoms with E-state index in [9.17, 15) is 0 Å². The second kappa shape index (κ2) is 4.97. The Balaban J connectivity index is 1.74. The lowest BCUT2D eigenvalue weighted by Gasteiger charge is -2.34. The van der Waals surface area contributed by atoms with E-state index in [-0.39, 0.29) is 5.60 Å². The molecule has 4 nitrogen and oxygen atoms in total. The topological polar surface area (TPSA) is 39.1 Å². The SMILES string of the molecule is Cn1cc(CCOC2(C)CCCNC2)cn1. The summed E-state index contributed by atoms with van der Waals surface area (Å²) >= 11 is 0. The van der Waals surface area contributed by atoms with Crippen LogP contribution < -0.4 is 5.32 Å². The van der Waals surface area contributed by atoms with Crippen molar-refractivity contribution in [3.63, 3.8) is 0 Å². The van der Waals surface area contributed by atoms with Crippen LogP contribution in [0, 0.1) is 0 Å². The smallest absolute Gasteiger partial charge is 0.0778 e. The molecule has 0 saturated carbocycles. The molecule has 1 fully saturated rings. The van der Waals surface area contributed by atoms with Crippen LogP contribution in [0.1, 0.15) is 25.3 Å². The van der Waals surface area contributed by atoms with Crippen LogP contribution in [0.3, 0.4) is 0 Å². The summed E-state index contributed by atoms with van der Waals surface area (Å²) in [6.45, 7) is 5.08. The minimum Gasteiger partial charge on any atom is -0.374 e. The molecule has 1 aromatic rings. The Labute approximate surface area is 97.0 Å². The van der Waals surface area contributed by atoms with Crippen LogP contribution in [0.4, 0.5) is 0 Å². The van der Waals surface area contributed by atoms with Gasteiger partial charge in [-0.05, 0) is 38.3 Å². The van der Waals surface area contributed by atoms with Crippen molar-refractivity contribution in [1.82, 2.24) is 15.1 Å². The number of piperidine rings is 1. The van der Waals surface area contributed by atoms with Gasteiger partial charge in [-0.2, -0.15) is 5.10 Å². The van der Waals surface area contributed by atoms with E-state index in [1.807, 2.05) is 24.1 Å². The van der Waals surface area contributed by atoms with Crippen LogP contribution in [0.5, 0.6) is 0 Å².